The van der Waals surface area contributed by atoms with Crippen molar-refractivity contribution in [1.82, 2.24) is 0 Å². The molecule has 0 fully saturated rings. The molecule has 0 radical (unpaired) electrons. The highest BCUT2D eigenvalue weighted by atomic mass is 32.2. The number of nitrogens with zero attached hydrogens (tertiary/aromatic N) is 1. The molecule has 20 heavy (non-hydrogen) atoms. The van der Waals surface area contributed by atoms with Gasteiger partial charge in [0.05, 0.1) is 0 Å². The van der Waals surface area contributed by atoms with Gasteiger partial charge in [0.15, 0.2) is 12.4 Å². The van der Waals surface area contributed by atoms with Crippen LogP contribution in [0.25, 0.3) is 0 Å². The molecule has 0 spiro atoms. The van der Waals surface area contributed by atoms with Gasteiger partial charge < -0.3 is 0 Å². The molecule has 0 aliphatic heterocycles. The van der Waals surface area contributed by atoms with Gasteiger partial charge in [0.25, 0.3) is 0 Å². The Kier molecular flexibility index (Phi) is 7.77. The quantitative estimate of drug-likeness (QED) is 0.639. The molecule has 116 valence electrons. The smallest absolute Gasteiger partial charge is 0.265 e. The van der Waals surface area contributed by atoms with Crippen molar-refractivity contribution in [3.63, 3.8) is 0 Å². The number of hydrogen-bond acceptors (Lipinski definition) is 1. The molecule has 0 aromatic carbocycles. The summed E-state index contributed by atoms with van der Waals surface area (Å²) >= 11 is 0. The van der Waals surface area contributed by atoms with Crippen molar-refractivity contribution in [3.8, 4) is 0 Å². The summed E-state index contributed by atoms with van der Waals surface area (Å²) < 4.78 is 74.2. The van der Waals surface area contributed by atoms with Gasteiger partial charge in [-0.2, -0.15) is 26.3 Å². The Balaban J connectivity index is 0.000000361. The number of nitrogens with one attached hydrogen (secondary N) is 1. The summed E-state index contributed by atoms with van der Waals surface area (Å²) in [5.41, 5.74) is -11.0. The molecule has 2 nitrogen and oxygen atoms in total. The molecule has 0 aliphatic carbocycles. The number of alkyl halides is 6. The summed E-state index contributed by atoms with van der Waals surface area (Å²) in [5.74, 6) is 0. The zero-order valence-electron chi connectivity index (χ0n) is 10.6. The van der Waals surface area contributed by atoms with Crippen LogP contribution in [0.2, 0.25) is 0 Å². The van der Waals surface area contributed by atoms with Gasteiger partial charge >= 0.3 is 11.0 Å². The van der Waals surface area contributed by atoms with Crippen LogP contribution >= 0.6 is 0 Å². The summed E-state index contributed by atoms with van der Waals surface area (Å²) in [7, 11) is -4.25. The van der Waals surface area contributed by atoms with Crippen LogP contribution in [0.4, 0.5) is 26.3 Å². The van der Waals surface area contributed by atoms with Crippen LogP contribution in [0.5, 0.6) is 0 Å². The van der Waals surface area contributed by atoms with Crippen LogP contribution in [0, 0.1) is 4.78 Å². The number of halogens is 6. The lowest BCUT2D eigenvalue weighted by atomic mass is 10.3. The van der Waals surface area contributed by atoms with Crippen LogP contribution in [0.3, 0.4) is 0 Å². The molecule has 0 amide bonds. The van der Waals surface area contributed by atoms with Crippen LogP contribution in [-0.2, 0) is 17.2 Å². The SMILES string of the molecule is CCCC[n+]1ccccc1.N=S(C(F)(F)F)C(F)(F)F. The minimum atomic E-state index is -5.49. The van der Waals surface area contributed by atoms with Crippen LogP contribution in [-0.4, -0.2) is 11.0 Å². The summed E-state index contributed by atoms with van der Waals surface area (Å²) in [6.45, 7) is 3.36. The highest BCUT2D eigenvalue weighted by Crippen LogP contribution is 2.33. The molecule has 0 saturated carbocycles. The fraction of sp³-hybridized carbons (Fsp3) is 0.545. The number of unbranched alkanes of at least 4 members (excludes halogenated alkanes) is 1. The first-order valence-corrected chi connectivity index (χ1v) is 6.84. The molecule has 0 bridgehead atoms. The summed E-state index contributed by atoms with van der Waals surface area (Å²) in [4.78, 5) is 0. The van der Waals surface area contributed by atoms with Crippen LogP contribution < -0.4 is 4.57 Å². The Labute approximate surface area is 115 Å². The number of hydrogen-bond donors (Lipinski definition) is 1. The van der Waals surface area contributed by atoms with Crippen molar-refractivity contribution < 1.29 is 30.9 Å². The Morgan fingerprint density at radius 3 is 1.70 bits per heavy atom. The van der Waals surface area contributed by atoms with Gasteiger partial charge in [0.2, 0.25) is 0 Å². The minimum absolute atomic E-state index is 1.15. The predicted molar refractivity (Wildman–Crippen MR) is 63.7 cm³/mol. The maximum Gasteiger partial charge on any atom is 0.460 e. The molecule has 0 atom stereocenters. The molecule has 1 N–H and O–H groups in total. The molecule has 0 saturated heterocycles. The van der Waals surface area contributed by atoms with Gasteiger partial charge in [0.1, 0.15) is 17.2 Å². The molecule has 1 heterocycles. The van der Waals surface area contributed by atoms with E-state index in [2.05, 4.69) is 36.0 Å². The van der Waals surface area contributed by atoms with Gasteiger partial charge in [-0.25, -0.2) is 4.57 Å². The van der Waals surface area contributed by atoms with Gasteiger partial charge in [-0.05, 0) is 0 Å². The number of rotatable bonds is 3. The van der Waals surface area contributed by atoms with Gasteiger partial charge in [-0.1, -0.05) is 19.4 Å². The molecular weight excluding hydrogens is 306 g/mol. The van der Waals surface area contributed by atoms with E-state index in [9.17, 15) is 26.3 Å². The van der Waals surface area contributed by atoms with Crippen molar-refractivity contribution in [2.24, 2.45) is 0 Å². The second-order valence-corrected chi connectivity index (χ2v) is 5.20. The van der Waals surface area contributed by atoms with E-state index in [1.54, 1.807) is 0 Å². The third-order valence-corrected chi connectivity index (χ3v) is 2.94. The number of aryl methyl sites for hydroxylation is 1. The zero-order valence-corrected chi connectivity index (χ0v) is 11.4. The van der Waals surface area contributed by atoms with Crippen molar-refractivity contribution in [1.29, 1.82) is 4.78 Å². The van der Waals surface area contributed by atoms with Gasteiger partial charge in [0, 0.05) is 18.6 Å². The van der Waals surface area contributed by atoms with Gasteiger partial charge in [-0.3, -0.25) is 4.78 Å². The van der Waals surface area contributed by atoms with Crippen molar-refractivity contribution in [2.45, 2.75) is 37.3 Å². The molecule has 1 aromatic heterocycles. The first-order chi connectivity index (χ1) is 9.09. The highest BCUT2D eigenvalue weighted by Gasteiger charge is 2.50. The first-order valence-electron chi connectivity index (χ1n) is 5.62. The lowest BCUT2D eigenvalue weighted by molar-refractivity contribution is -0.697. The number of pyridine rings is 1. The lowest BCUT2D eigenvalue weighted by Crippen LogP contribution is -2.31. The molecular formula is C11H15F6N2S+. The standard InChI is InChI=1S/C9H14N.C2HF6NS/c1-2-3-7-10-8-5-4-6-9-10;3-1(4,5)10(9)2(6,7)8/h4-6,8-9H,2-3,7H2,1H3;9H/q+1;. The molecule has 1 rings (SSSR count). The van der Waals surface area contributed by atoms with Crippen LogP contribution in [0.15, 0.2) is 30.6 Å². The Hall–Kier alpha value is -1.12. The average molecular weight is 321 g/mol. The van der Waals surface area contributed by atoms with Crippen molar-refractivity contribution in [2.75, 3.05) is 0 Å². The summed E-state index contributed by atoms with van der Waals surface area (Å²) in [6.07, 6.45) is 6.75. The Bertz CT molecular complexity index is 386. The highest BCUT2D eigenvalue weighted by molar-refractivity contribution is 7.87. The van der Waals surface area contributed by atoms with E-state index in [4.69, 9.17) is 4.78 Å². The predicted octanol–water partition coefficient (Wildman–Crippen LogP) is 4.18. The van der Waals surface area contributed by atoms with Crippen molar-refractivity contribution >= 4 is 10.7 Å². The average Bonchev–Trinajstić information content (AvgIpc) is 2.35. The second kappa shape index (κ2) is 8.23. The largest absolute Gasteiger partial charge is 0.460 e. The summed E-state index contributed by atoms with van der Waals surface area (Å²) in [6, 6.07) is 6.17. The lowest BCUT2D eigenvalue weighted by Gasteiger charge is -2.11. The van der Waals surface area contributed by atoms with E-state index in [0.29, 0.717) is 0 Å². The first kappa shape index (κ1) is 18.9. The van der Waals surface area contributed by atoms with E-state index >= 15 is 0 Å². The van der Waals surface area contributed by atoms with E-state index in [1.807, 2.05) is 6.07 Å². The topological polar surface area (TPSA) is 27.7 Å². The third kappa shape index (κ3) is 8.13. The molecule has 0 unspecified atom stereocenters. The summed E-state index contributed by atoms with van der Waals surface area (Å²) in [5, 5.41) is 0. The fourth-order valence-corrected chi connectivity index (χ4v) is 1.32. The van der Waals surface area contributed by atoms with E-state index in [-0.39, 0.29) is 0 Å². The third-order valence-electron chi connectivity index (χ3n) is 2.01. The Morgan fingerprint density at radius 2 is 1.40 bits per heavy atom. The molecule has 9 heteroatoms. The minimum Gasteiger partial charge on any atom is -0.265 e. The monoisotopic (exact) mass is 321 g/mol. The zero-order chi connectivity index (χ0) is 15.8. The van der Waals surface area contributed by atoms with E-state index < -0.39 is 21.7 Å². The van der Waals surface area contributed by atoms with Gasteiger partial charge in [-0.15, -0.1) is 0 Å². The van der Waals surface area contributed by atoms with Crippen LogP contribution in [0.1, 0.15) is 19.8 Å². The van der Waals surface area contributed by atoms with Crippen molar-refractivity contribution in [3.05, 3.63) is 30.6 Å². The fourth-order valence-electron chi connectivity index (χ4n) is 1.06. The maximum absolute atomic E-state index is 11.0. The number of aromatic nitrogens is 1. The maximum atomic E-state index is 11.0. The van der Waals surface area contributed by atoms with E-state index in [1.165, 1.54) is 12.8 Å². The normalized spacial score (nSPS) is 12.0. The van der Waals surface area contributed by atoms with E-state index in [0.717, 1.165) is 6.54 Å². The molecule has 0 aliphatic rings. The second-order valence-electron chi connectivity index (χ2n) is 3.66. The molecule has 1 aromatic rings. The Morgan fingerprint density at radius 1 is 0.950 bits per heavy atom.